The molecule has 2 aliphatic rings. The maximum Gasteiger partial charge on any atom is 0.268 e. The van der Waals surface area contributed by atoms with Crippen molar-refractivity contribution in [3.05, 3.63) is 35.0 Å². The van der Waals surface area contributed by atoms with Crippen LogP contribution in [0.25, 0.3) is 10.9 Å². The predicted molar refractivity (Wildman–Crippen MR) is 75.7 cm³/mol. The average Bonchev–Trinajstić information content (AvgIpc) is 2.99. The summed E-state index contributed by atoms with van der Waals surface area (Å²) in [5, 5.41) is 4.88. The normalized spacial score (nSPS) is 20.8. The quantitative estimate of drug-likeness (QED) is 0.786. The van der Waals surface area contributed by atoms with Gasteiger partial charge in [-0.1, -0.05) is 30.5 Å². The van der Waals surface area contributed by atoms with Gasteiger partial charge in [-0.05, 0) is 31.0 Å². The molecular weight excluding hydrogens is 260 g/mol. The van der Waals surface area contributed by atoms with Crippen LogP contribution < -0.4 is 5.32 Å². The summed E-state index contributed by atoms with van der Waals surface area (Å²) in [7, 11) is 0. The number of carbonyl (C=O) groups excluding carboxylic acids is 1. The van der Waals surface area contributed by atoms with Crippen LogP contribution >= 0.6 is 11.6 Å². The van der Waals surface area contributed by atoms with Gasteiger partial charge >= 0.3 is 0 Å². The van der Waals surface area contributed by atoms with Gasteiger partial charge in [0.05, 0.1) is 11.1 Å². The van der Waals surface area contributed by atoms with Crippen molar-refractivity contribution in [1.82, 2.24) is 9.88 Å². The Morgan fingerprint density at radius 3 is 2.79 bits per heavy atom. The van der Waals surface area contributed by atoms with Crippen molar-refractivity contribution in [3.8, 4) is 0 Å². The largest absolute Gasteiger partial charge is 0.348 e. The Balaban J connectivity index is 2.06. The molecule has 1 aromatic carbocycles. The summed E-state index contributed by atoms with van der Waals surface area (Å²) in [4.78, 5) is 12.1. The number of carbonyl (C=O) groups is 1. The number of fused-ring (bicyclic) bond motifs is 4. The van der Waals surface area contributed by atoms with E-state index in [1.807, 2.05) is 24.3 Å². The first kappa shape index (κ1) is 11.4. The summed E-state index contributed by atoms with van der Waals surface area (Å²) in [5.41, 5.74) is 1.94. The topological polar surface area (TPSA) is 34.0 Å². The lowest BCUT2D eigenvalue weighted by Crippen LogP contribution is -2.49. The first-order chi connectivity index (χ1) is 9.20. The van der Waals surface area contributed by atoms with E-state index in [0.717, 1.165) is 41.0 Å². The molecule has 2 heterocycles. The van der Waals surface area contributed by atoms with E-state index in [4.69, 9.17) is 11.6 Å². The van der Waals surface area contributed by atoms with Gasteiger partial charge in [0, 0.05) is 17.0 Å². The highest BCUT2D eigenvalue weighted by atomic mass is 35.5. The first-order valence-corrected chi connectivity index (χ1v) is 7.17. The average molecular weight is 275 g/mol. The Labute approximate surface area is 116 Å². The molecule has 1 aromatic heterocycles. The van der Waals surface area contributed by atoms with E-state index in [1.165, 1.54) is 12.8 Å². The van der Waals surface area contributed by atoms with Gasteiger partial charge in [0.25, 0.3) is 5.91 Å². The molecule has 1 spiro atoms. The van der Waals surface area contributed by atoms with Crippen LogP contribution in [0.15, 0.2) is 24.3 Å². The molecule has 1 saturated carbocycles. The van der Waals surface area contributed by atoms with E-state index in [1.54, 1.807) is 0 Å². The highest BCUT2D eigenvalue weighted by Gasteiger charge is 2.42. The summed E-state index contributed by atoms with van der Waals surface area (Å²) < 4.78 is 2.25. The van der Waals surface area contributed by atoms with Crippen LogP contribution in [0.1, 0.15) is 36.2 Å². The Morgan fingerprint density at radius 1 is 1.21 bits per heavy atom. The predicted octanol–water partition coefficient (Wildman–Crippen LogP) is 3.31. The zero-order chi connectivity index (χ0) is 13.0. The molecule has 0 radical (unpaired) electrons. The van der Waals surface area contributed by atoms with Gasteiger partial charge in [-0.25, -0.2) is 0 Å². The number of hydrogen-bond acceptors (Lipinski definition) is 1. The molecule has 4 rings (SSSR count). The molecule has 1 aliphatic carbocycles. The van der Waals surface area contributed by atoms with E-state index in [-0.39, 0.29) is 11.4 Å². The molecule has 1 fully saturated rings. The third kappa shape index (κ3) is 1.48. The lowest BCUT2D eigenvalue weighted by Gasteiger charge is -2.37. The summed E-state index contributed by atoms with van der Waals surface area (Å²) >= 11 is 6.14. The van der Waals surface area contributed by atoms with Crippen molar-refractivity contribution in [2.75, 3.05) is 6.54 Å². The van der Waals surface area contributed by atoms with Crippen molar-refractivity contribution in [3.63, 3.8) is 0 Å². The maximum absolute atomic E-state index is 12.1. The fraction of sp³-hybridized carbons (Fsp3) is 0.400. The van der Waals surface area contributed by atoms with Crippen molar-refractivity contribution >= 4 is 28.4 Å². The maximum atomic E-state index is 12.1. The van der Waals surface area contributed by atoms with Gasteiger partial charge in [-0.2, -0.15) is 0 Å². The summed E-state index contributed by atoms with van der Waals surface area (Å²) in [5.74, 6) is 0.0323. The molecule has 98 valence electrons. The number of hydrogen-bond donors (Lipinski definition) is 1. The fourth-order valence-corrected chi connectivity index (χ4v) is 3.87. The SMILES string of the molecule is O=C1NCC2(CCCC2)n2c1cc1ccc(Cl)cc12. The van der Waals surface area contributed by atoms with Crippen LogP contribution in [-0.4, -0.2) is 17.0 Å². The highest BCUT2D eigenvalue weighted by molar-refractivity contribution is 6.31. The van der Waals surface area contributed by atoms with Gasteiger partial charge in [0.1, 0.15) is 5.69 Å². The molecule has 1 N–H and O–H groups in total. The molecular formula is C15H15ClN2O. The van der Waals surface area contributed by atoms with Gasteiger partial charge in [0.2, 0.25) is 0 Å². The smallest absolute Gasteiger partial charge is 0.268 e. The zero-order valence-corrected chi connectivity index (χ0v) is 11.3. The minimum absolute atomic E-state index is 0.0323. The highest BCUT2D eigenvalue weighted by Crippen LogP contribution is 2.42. The van der Waals surface area contributed by atoms with Crippen LogP contribution in [0.4, 0.5) is 0 Å². The van der Waals surface area contributed by atoms with Crippen LogP contribution in [0, 0.1) is 0 Å². The van der Waals surface area contributed by atoms with Crippen molar-refractivity contribution in [2.24, 2.45) is 0 Å². The van der Waals surface area contributed by atoms with E-state index < -0.39 is 0 Å². The van der Waals surface area contributed by atoms with E-state index >= 15 is 0 Å². The molecule has 1 aliphatic heterocycles. The van der Waals surface area contributed by atoms with Crippen molar-refractivity contribution < 1.29 is 4.79 Å². The van der Waals surface area contributed by atoms with Crippen molar-refractivity contribution in [1.29, 1.82) is 0 Å². The number of aromatic nitrogens is 1. The second-order valence-electron chi connectivity index (χ2n) is 5.68. The summed E-state index contributed by atoms with van der Waals surface area (Å²) in [6.07, 6.45) is 4.73. The molecule has 1 amide bonds. The van der Waals surface area contributed by atoms with E-state index in [9.17, 15) is 4.79 Å². The van der Waals surface area contributed by atoms with Crippen molar-refractivity contribution in [2.45, 2.75) is 31.2 Å². The lowest BCUT2D eigenvalue weighted by molar-refractivity contribution is 0.0876. The number of nitrogens with one attached hydrogen (secondary N) is 1. The van der Waals surface area contributed by atoms with Crippen LogP contribution in [-0.2, 0) is 5.54 Å². The minimum atomic E-state index is 0.0323. The van der Waals surface area contributed by atoms with Crippen LogP contribution in [0.2, 0.25) is 5.02 Å². The standard InChI is InChI=1S/C15H15ClN2O/c16-11-4-3-10-7-13-14(19)17-9-15(5-1-2-6-15)18(13)12(10)8-11/h3-4,7-8H,1-2,5-6,9H2,(H,17,19). The Morgan fingerprint density at radius 2 is 2.00 bits per heavy atom. The number of amides is 1. The van der Waals surface area contributed by atoms with Crippen LogP contribution in [0.5, 0.6) is 0 Å². The second-order valence-corrected chi connectivity index (χ2v) is 6.12. The molecule has 0 atom stereocenters. The monoisotopic (exact) mass is 274 g/mol. The molecule has 4 heteroatoms. The Hall–Kier alpha value is -1.48. The van der Waals surface area contributed by atoms with E-state index in [2.05, 4.69) is 9.88 Å². The third-order valence-electron chi connectivity index (χ3n) is 4.59. The molecule has 0 saturated heterocycles. The van der Waals surface area contributed by atoms with Gasteiger partial charge in [-0.3, -0.25) is 4.79 Å². The molecule has 0 unspecified atom stereocenters. The third-order valence-corrected chi connectivity index (χ3v) is 4.82. The molecule has 3 nitrogen and oxygen atoms in total. The summed E-state index contributed by atoms with van der Waals surface area (Å²) in [6.45, 7) is 0.745. The number of nitrogens with zero attached hydrogens (tertiary/aromatic N) is 1. The van der Waals surface area contributed by atoms with Gasteiger partial charge in [-0.15, -0.1) is 0 Å². The number of benzene rings is 1. The fourth-order valence-electron chi connectivity index (χ4n) is 3.70. The minimum Gasteiger partial charge on any atom is -0.348 e. The van der Waals surface area contributed by atoms with Crippen LogP contribution in [0.3, 0.4) is 0 Å². The van der Waals surface area contributed by atoms with E-state index in [0.29, 0.717) is 0 Å². The summed E-state index contributed by atoms with van der Waals surface area (Å²) in [6, 6.07) is 7.85. The first-order valence-electron chi connectivity index (χ1n) is 6.79. The Bertz CT molecular complexity index is 683. The lowest BCUT2D eigenvalue weighted by atomic mass is 9.94. The number of halogens is 1. The van der Waals surface area contributed by atoms with Gasteiger partial charge < -0.3 is 9.88 Å². The van der Waals surface area contributed by atoms with Gasteiger partial charge in [0.15, 0.2) is 0 Å². The molecule has 19 heavy (non-hydrogen) atoms. The molecule has 0 bridgehead atoms. The number of rotatable bonds is 0. The Kier molecular flexibility index (Phi) is 2.25. The molecule has 2 aromatic rings. The second kappa shape index (κ2) is 3.76. The zero-order valence-electron chi connectivity index (χ0n) is 10.6.